The second-order valence-electron chi connectivity index (χ2n) is 4.53. The zero-order valence-corrected chi connectivity index (χ0v) is 11.9. The van der Waals surface area contributed by atoms with Crippen LogP contribution in [0.2, 0.25) is 5.15 Å². The molecule has 3 aromatic rings. The van der Waals surface area contributed by atoms with Crippen molar-refractivity contribution in [2.75, 3.05) is 0 Å². The number of nitriles is 1. The van der Waals surface area contributed by atoms with E-state index in [1.807, 2.05) is 0 Å². The summed E-state index contributed by atoms with van der Waals surface area (Å²) in [6.45, 7) is 0. The van der Waals surface area contributed by atoms with E-state index in [-0.39, 0.29) is 17.1 Å². The fourth-order valence-electron chi connectivity index (χ4n) is 2.23. The third-order valence-corrected chi connectivity index (χ3v) is 3.50. The maximum absolute atomic E-state index is 10.9. The summed E-state index contributed by atoms with van der Waals surface area (Å²) in [5, 5.41) is 18.1. The molecule has 0 saturated heterocycles. The molecule has 0 spiro atoms. The van der Waals surface area contributed by atoms with Crippen LogP contribution in [-0.4, -0.2) is 25.4 Å². The van der Waals surface area contributed by atoms with Gasteiger partial charge in [-0.1, -0.05) is 23.7 Å². The van der Waals surface area contributed by atoms with Gasteiger partial charge in [0.05, 0.1) is 23.7 Å². The van der Waals surface area contributed by atoms with Crippen LogP contribution in [0.1, 0.15) is 16.2 Å². The lowest BCUT2D eigenvalue weighted by molar-refractivity contribution is 0.0697. The molecule has 0 aliphatic rings. The number of fused-ring (bicyclic) bond motifs is 1. The molecule has 0 amide bonds. The van der Waals surface area contributed by atoms with Gasteiger partial charge in [0.15, 0.2) is 5.15 Å². The van der Waals surface area contributed by atoms with Crippen molar-refractivity contribution < 1.29 is 9.90 Å². The number of carboxylic acid groups (broad SMARTS) is 1. The molecule has 22 heavy (non-hydrogen) atoms. The van der Waals surface area contributed by atoms with E-state index in [4.69, 9.17) is 22.0 Å². The molecule has 0 aliphatic heterocycles. The van der Waals surface area contributed by atoms with Crippen molar-refractivity contribution in [2.45, 2.75) is 6.42 Å². The summed E-state index contributed by atoms with van der Waals surface area (Å²) in [7, 11) is 0. The maximum Gasteiger partial charge on any atom is 0.335 e. The molecule has 0 bridgehead atoms. The van der Waals surface area contributed by atoms with E-state index in [0.717, 1.165) is 0 Å². The van der Waals surface area contributed by atoms with E-state index in [0.29, 0.717) is 22.6 Å². The fraction of sp³-hybridized carbons (Fsp3) is 0.0667. The lowest BCUT2D eigenvalue weighted by Crippen LogP contribution is -1.95. The second kappa shape index (κ2) is 5.47. The molecule has 2 aromatic heterocycles. The highest BCUT2D eigenvalue weighted by Gasteiger charge is 2.16. The number of rotatable bonds is 3. The highest BCUT2D eigenvalue weighted by atomic mass is 35.5. The maximum atomic E-state index is 10.9. The summed E-state index contributed by atoms with van der Waals surface area (Å²) in [6.07, 6.45) is 3.36. The van der Waals surface area contributed by atoms with Gasteiger partial charge in [-0.2, -0.15) is 5.26 Å². The molecule has 0 radical (unpaired) electrons. The van der Waals surface area contributed by atoms with Crippen LogP contribution in [0.3, 0.4) is 0 Å². The molecule has 0 saturated carbocycles. The summed E-state index contributed by atoms with van der Waals surface area (Å²) in [6, 6.07) is 8.37. The molecule has 108 valence electrons. The van der Waals surface area contributed by atoms with Gasteiger partial charge in [-0.25, -0.2) is 14.8 Å². The Kier molecular flexibility index (Phi) is 3.49. The van der Waals surface area contributed by atoms with Gasteiger partial charge in [0.1, 0.15) is 11.3 Å². The molecule has 0 unspecified atom stereocenters. The monoisotopic (exact) mass is 312 g/mol. The highest BCUT2D eigenvalue weighted by Crippen LogP contribution is 2.29. The van der Waals surface area contributed by atoms with Crippen molar-refractivity contribution in [2.24, 2.45) is 0 Å². The highest BCUT2D eigenvalue weighted by molar-refractivity contribution is 6.33. The molecule has 1 aromatic carbocycles. The number of hydrogen-bond donors (Lipinski definition) is 1. The van der Waals surface area contributed by atoms with Crippen LogP contribution in [0, 0.1) is 11.3 Å². The number of carboxylic acids is 1. The Hall–Kier alpha value is -2.91. The van der Waals surface area contributed by atoms with Gasteiger partial charge >= 0.3 is 5.97 Å². The van der Waals surface area contributed by atoms with Crippen LogP contribution >= 0.6 is 11.6 Å². The third-order valence-electron chi connectivity index (χ3n) is 3.23. The van der Waals surface area contributed by atoms with Crippen molar-refractivity contribution in [3.05, 3.63) is 53.2 Å². The van der Waals surface area contributed by atoms with Gasteiger partial charge in [-0.05, 0) is 12.1 Å². The van der Waals surface area contributed by atoms with E-state index >= 15 is 0 Å². The molecule has 0 atom stereocenters. The van der Waals surface area contributed by atoms with Crippen molar-refractivity contribution in [3.8, 4) is 17.3 Å². The van der Waals surface area contributed by atoms with E-state index in [9.17, 15) is 4.79 Å². The van der Waals surface area contributed by atoms with E-state index < -0.39 is 5.97 Å². The molecule has 1 N–H and O–H groups in total. The molecular weight excluding hydrogens is 304 g/mol. The third kappa shape index (κ3) is 2.28. The number of aromatic nitrogens is 3. The summed E-state index contributed by atoms with van der Waals surface area (Å²) >= 11 is 6.16. The van der Waals surface area contributed by atoms with Crippen LogP contribution < -0.4 is 0 Å². The van der Waals surface area contributed by atoms with Crippen LogP contribution in [0.5, 0.6) is 0 Å². The van der Waals surface area contributed by atoms with Gasteiger partial charge in [0.25, 0.3) is 0 Å². The SMILES string of the molecule is N#CCc1nc(-c2ccc(C(=O)O)cc2)c2c(Cl)nccn12. The molecule has 7 heteroatoms. The fourth-order valence-corrected chi connectivity index (χ4v) is 2.47. The summed E-state index contributed by atoms with van der Waals surface area (Å²) < 4.78 is 1.72. The minimum Gasteiger partial charge on any atom is -0.478 e. The summed E-state index contributed by atoms with van der Waals surface area (Å²) in [4.78, 5) is 19.4. The Labute approximate surface area is 130 Å². The zero-order valence-electron chi connectivity index (χ0n) is 11.2. The van der Waals surface area contributed by atoms with Gasteiger partial charge in [0, 0.05) is 18.0 Å². The topological polar surface area (TPSA) is 91.3 Å². The minimum atomic E-state index is -0.994. The lowest BCUT2D eigenvalue weighted by Gasteiger charge is -2.01. The number of halogens is 1. The van der Waals surface area contributed by atoms with E-state index in [2.05, 4.69) is 16.0 Å². The predicted octanol–water partition coefficient (Wildman–Crippen LogP) is 2.81. The smallest absolute Gasteiger partial charge is 0.335 e. The first-order valence-electron chi connectivity index (χ1n) is 6.34. The zero-order chi connectivity index (χ0) is 15.7. The Bertz CT molecular complexity index is 910. The lowest BCUT2D eigenvalue weighted by atomic mass is 10.1. The molecule has 3 rings (SSSR count). The number of imidazole rings is 1. The van der Waals surface area contributed by atoms with Crippen molar-refractivity contribution in [3.63, 3.8) is 0 Å². The summed E-state index contributed by atoms with van der Waals surface area (Å²) in [5.74, 6) is -0.440. The first-order valence-corrected chi connectivity index (χ1v) is 6.71. The Balaban J connectivity index is 2.22. The predicted molar refractivity (Wildman–Crippen MR) is 79.7 cm³/mol. The first kappa shape index (κ1) is 14.0. The molecule has 0 fully saturated rings. The minimum absolute atomic E-state index is 0.134. The average Bonchev–Trinajstić information content (AvgIpc) is 2.88. The quantitative estimate of drug-likeness (QED) is 0.803. The molecule has 2 heterocycles. The van der Waals surface area contributed by atoms with Crippen LogP contribution in [0.4, 0.5) is 0 Å². The van der Waals surface area contributed by atoms with E-state index in [1.165, 1.54) is 18.3 Å². The van der Waals surface area contributed by atoms with Gasteiger partial charge < -0.3 is 5.11 Å². The summed E-state index contributed by atoms with van der Waals surface area (Å²) in [5.41, 5.74) is 2.06. The number of hydrogen-bond acceptors (Lipinski definition) is 4. The standard InChI is InChI=1S/C15H9ClN4O2/c16-14-13-12(9-1-3-10(4-2-9)15(21)22)19-11(5-6-17)20(13)8-7-18-14/h1-4,7-8H,5H2,(H,21,22). The number of nitrogens with zero attached hydrogens (tertiary/aromatic N) is 4. The largest absolute Gasteiger partial charge is 0.478 e. The Morgan fingerprint density at radius 2 is 2.09 bits per heavy atom. The van der Waals surface area contributed by atoms with Gasteiger partial charge in [0.2, 0.25) is 0 Å². The first-order chi connectivity index (χ1) is 10.6. The van der Waals surface area contributed by atoms with Crippen molar-refractivity contribution in [1.82, 2.24) is 14.4 Å². The van der Waals surface area contributed by atoms with Gasteiger partial charge in [-0.3, -0.25) is 4.40 Å². The van der Waals surface area contributed by atoms with Crippen LogP contribution in [-0.2, 0) is 6.42 Å². The van der Waals surface area contributed by atoms with Gasteiger partial charge in [-0.15, -0.1) is 0 Å². The number of carbonyl (C=O) groups is 1. The molecule has 0 aliphatic carbocycles. The number of benzene rings is 1. The van der Waals surface area contributed by atoms with Crippen molar-refractivity contribution >= 4 is 23.1 Å². The molecular formula is C15H9ClN4O2. The number of aromatic carboxylic acids is 1. The van der Waals surface area contributed by atoms with Crippen molar-refractivity contribution in [1.29, 1.82) is 5.26 Å². The average molecular weight is 313 g/mol. The normalized spacial score (nSPS) is 10.5. The van der Waals surface area contributed by atoms with Crippen LogP contribution in [0.25, 0.3) is 16.8 Å². The second-order valence-corrected chi connectivity index (χ2v) is 4.89. The van der Waals surface area contributed by atoms with E-state index in [1.54, 1.807) is 22.7 Å². The Morgan fingerprint density at radius 3 is 2.73 bits per heavy atom. The molecule has 6 nitrogen and oxygen atoms in total. The Morgan fingerprint density at radius 1 is 1.36 bits per heavy atom. The van der Waals surface area contributed by atoms with Crippen LogP contribution in [0.15, 0.2) is 36.7 Å².